The number of benzene rings is 3. The maximum absolute atomic E-state index is 12.8. The van der Waals surface area contributed by atoms with E-state index in [1.165, 1.54) is 4.57 Å². The molecule has 1 N–H and O–H groups in total. The maximum Gasteiger partial charge on any atom is 0.331 e. The Bertz CT molecular complexity index is 1370. The Balaban J connectivity index is 1.63. The molecular weight excluding hydrogens is 378 g/mol. The molecule has 0 aliphatic rings. The number of amides is 1. The molecule has 4 rings (SSSR count). The summed E-state index contributed by atoms with van der Waals surface area (Å²) in [5, 5.41) is 5.64. The van der Waals surface area contributed by atoms with Crippen molar-refractivity contribution in [1.29, 1.82) is 0 Å². The zero-order valence-corrected chi connectivity index (χ0v) is 17.0. The molecule has 4 aromatic rings. The molecule has 0 spiro atoms. The Morgan fingerprint density at radius 2 is 1.63 bits per heavy atom. The molecule has 3 aromatic carbocycles. The molecule has 30 heavy (non-hydrogen) atoms. The summed E-state index contributed by atoms with van der Waals surface area (Å²) in [5.74, 6) is -0.288. The monoisotopic (exact) mass is 401 g/mol. The number of hydrogen-bond donors (Lipinski definition) is 1. The number of hydrogen-bond acceptors (Lipinski definition) is 3. The summed E-state index contributed by atoms with van der Waals surface area (Å²) >= 11 is 0. The van der Waals surface area contributed by atoms with Gasteiger partial charge in [0.25, 0.3) is 5.56 Å². The second-order valence-electron chi connectivity index (χ2n) is 7.33. The first kappa shape index (κ1) is 19.6. The van der Waals surface area contributed by atoms with E-state index in [1.807, 2.05) is 43.3 Å². The summed E-state index contributed by atoms with van der Waals surface area (Å²) in [6, 6.07) is 20.8. The fourth-order valence-electron chi connectivity index (χ4n) is 3.79. The third-order valence-corrected chi connectivity index (χ3v) is 5.40. The number of rotatable bonds is 5. The molecule has 152 valence electrons. The van der Waals surface area contributed by atoms with Gasteiger partial charge in [0.15, 0.2) is 0 Å². The van der Waals surface area contributed by atoms with Crippen LogP contribution in [0.3, 0.4) is 0 Å². The van der Waals surface area contributed by atoms with Crippen molar-refractivity contribution in [2.24, 2.45) is 0 Å². The molecule has 0 fully saturated rings. The van der Waals surface area contributed by atoms with Gasteiger partial charge < -0.3 is 5.32 Å². The number of fused-ring (bicyclic) bond motifs is 2. The van der Waals surface area contributed by atoms with E-state index >= 15 is 0 Å². The third-order valence-electron chi connectivity index (χ3n) is 5.40. The quantitative estimate of drug-likeness (QED) is 0.558. The van der Waals surface area contributed by atoms with Crippen molar-refractivity contribution in [2.75, 3.05) is 0 Å². The minimum absolute atomic E-state index is 0.155. The Morgan fingerprint density at radius 3 is 2.40 bits per heavy atom. The number of nitrogens with zero attached hydrogens (tertiary/aromatic N) is 2. The molecule has 6 heteroatoms. The molecule has 1 heterocycles. The second-order valence-corrected chi connectivity index (χ2v) is 7.33. The molecule has 0 radical (unpaired) electrons. The van der Waals surface area contributed by atoms with Crippen LogP contribution in [0.1, 0.15) is 25.5 Å². The number of para-hydroxylation sites is 1. The van der Waals surface area contributed by atoms with Crippen LogP contribution in [0.4, 0.5) is 0 Å². The number of aromatic nitrogens is 2. The highest BCUT2D eigenvalue weighted by Crippen LogP contribution is 2.20. The van der Waals surface area contributed by atoms with Crippen molar-refractivity contribution >= 4 is 27.6 Å². The fourth-order valence-corrected chi connectivity index (χ4v) is 3.79. The number of carbonyl (C=O) groups excluding carboxylic acids is 1. The van der Waals surface area contributed by atoms with Gasteiger partial charge in [-0.25, -0.2) is 4.79 Å². The maximum atomic E-state index is 12.8. The fraction of sp³-hybridized carbons (Fsp3) is 0.208. The van der Waals surface area contributed by atoms with E-state index in [9.17, 15) is 14.4 Å². The molecule has 6 nitrogen and oxygen atoms in total. The predicted octanol–water partition coefficient (Wildman–Crippen LogP) is 3.21. The van der Waals surface area contributed by atoms with Gasteiger partial charge in [-0.2, -0.15) is 0 Å². The highest BCUT2D eigenvalue weighted by molar-refractivity contribution is 5.84. The minimum Gasteiger partial charge on any atom is -0.348 e. The topological polar surface area (TPSA) is 73.1 Å². The average molecular weight is 401 g/mol. The van der Waals surface area contributed by atoms with Gasteiger partial charge in [0.2, 0.25) is 5.91 Å². The van der Waals surface area contributed by atoms with Gasteiger partial charge in [-0.15, -0.1) is 0 Å². The van der Waals surface area contributed by atoms with Crippen LogP contribution in [0.5, 0.6) is 0 Å². The second kappa shape index (κ2) is 7.99. The average Bonchev–Trinajstić information content (AvgIpc) is 2.76. The molecule has 0 aliphatic heterocycles. The van der Waals surface area contributed by atoms with Crippen molar-refractivity contribution in [2.45, 2.75) is 33.0 Å². The van der Waals surface area contributed by atoms with E-state index in [2.05, 4.69) is 11.4 Å². The van der Waals surface area contributed by atoms with Gasteiger partial charge in [-0.05, 0) is 48.4 Å². The van der Waals surface area contributed by atoms with Crippen molar-refractivity contribution in [1.82, 2.24) is 14.5 Å². The van der Waals surface area contributed by atoms with Gasteiger partial charge in [0.1, 0.15) is 6.54 Å². The Morgan fingerprint density at radius 1 is 0.933 bits per heavy atom. The van der Waals surface area contributed by atoms with Gasteiger partial charge in [-0.1, -0.05) is 48.5 Å². The summed E-state index contributed by atoms with van der Waals surface area (Å²) < 4.78 is 2.52. The van der Waals surface area contributed by atoms with Crippen LogP contribution in [0.2, 0.25) is 0 Å². The largest absolute Gasteiger partial charge is 0.348 e. The summed E-state index contributed by atoms with van der Waals surface area (Å²) in [6.07, 6.45) is 0. The molecule has 0 saturated heterocycles. The Labute approximate surface area is 173 Å². The van der Waals surface area contributed by atoms with Gasteiger partial charge in [0, 0.05) is 6.54 Å². The minimum atomic E-state index is -0.477. The Kier molecular flexibility index (Phi) is 5.23. The van der Waals surface area contributed by atoms with Crippen LogP contribution in [0, 0.1) is 0 Å². The van der Waals surface area contributed by atoms with Gasteiger partial charge in [0.05, 0.1) is 16.9 Å². The lowest BCUT2D eigenvalue weighted by Crippen LogP contribution is -2.42. The normalized spacial score (nSPS) is 12.2. The van der Waals surface area contributed by atoms with Crippen molar-refractivity contribution in [3.63, 3.8) is 0 Å². The van der Waals surface area contributed by atoms with E-state index in [-0.39, 0.29) is 30.6 Å². The van der Waals surface area contributed by atoms with E-state index in [4.69, 9.17) is 0 Å². The summed E-state index contributed by atoms with van der Waals surface area (Å²) in [6.45, 7) is 3.74. The van der Waals surface area contributed by atoms with Crippen LogP contribution in [0.25, 0.3) is 21.7 Å². The number of nitrogens with one attached hydrogen (secondary N) is 1. The van der Waals surface area contributed by atoms with E-state index in [1.54, 1.807) is 31.2 Å². The van der Waals surface area contributed by atoms with E-state index < -0.39 is 5.69 Å². The molecule has 0 aliphatic carbocycles. The molecule has 1 atom stereocenters. The van der Waals surface area contributed by atoms with Crippen LogP contribution in [0.15, 0.2) is 76.3 Å². The van der Waals surface area contributed by atoms with E-state index in [0.717, 1.165) is 20.9 Å². The van der Waals surface area contributed by atoms with E-state index in [0.29, 0.717) is 10.9 Å². The lowest BCUT2D eigenvalue weighted by atomic mass is 10.0. The molecule has 1 aromatic heterocycles. The Hall–Kier alpha value is -3.67. The zero-order chi connectivity index (χ0) is 21.3. The predicted molar refractivity (Wildman–Crippen MR) is 119 cm³/mol. The number of carbonyl (C=O) groups is 1. The summed E-state index contributed by atoms with van der Waals surface area (Å²) in [5.41, 5.74) is 0.637. The van der Waals surface area contributed by atoms with Crippen LogP contribution >= 0.6 is 0 Å². The standard InChI is InChI=1S/C24H23N3O3/c1-3-26-23(29)20-10-6-7-11-21(20)27(24(26)30)15-22(28)25-16(2)18-13-12-17-8-4-5-9-19(17)14-18/h4-14,16H,3,15H2,1-2H3,(H,25,28). The summed E-state index contributed by atoms with van der Waals surface area (Å²) in [7, 11) is 0. The first-order valence-corrected chi connectivity index (χ1v) is 10.00. The van der Waals surface area contributed by atoms with Crippen LogP contribution in [-0.4, -0.2) is 15.0 Å². The molecule has 0 bridgehead atoms. The van der Waals surface area contributed by atoms with Crippen LogP contribution in [-0.2, 0) is 17.9 Å². The molecule has 0 saturated carbocycles. The van der Waals surface area contributed by atoms with Gasteiger partial charge >= 0.3 is 5.69 Å². The van der Waals surface area contributed by atoms with Crippen molar-refractivity contribution in [3.05, 3.63) is 93.1 Å². The zero-order valence-electron chi connectivity index (χ0n) is 17.0. The first-order valence-electron chi connectivity index (χ1n) is 10.00. The lowest BCUT2D eigenvalue weighted by Gasteiger charge is -2.17. The molecular formula is C24H23N3O3. The van der Waals surface area contributed by atoms with Crippen molar-refractivity contribution in [3.8, 4) is 0 Å². The summed E-state index contributed by atoms with van der Waals surface area (Å²) in [4.78, 5) is 38.1. The van der Waals surface area contributed by atoms with Crippen molar-refractivity contribution < 1.29 is 4.79 Å². The van der Waals surface area contributed by atoms with Crippen LogP contribution < -0.4 is 16.6 Å². The molecule has 1 amide bonds. The van der Waals surface area contributed by atoms with Gasteiger partial charge in [-0.3, -0.25) is 18.7 Å². The highest BCUT2D eigenvalue weighted by Gasteiger charge is 2.16. The smallest absolute Gasteiger partial charge is 0.331 e. The highest BCUT2D eigenvalue weighted by atomic mass is 16.2. The third kappa shape index (κ3) is 3.52. The lowest BCUT2D eigenvalue weighted by molar-refractivity contribution is -0.122. The first-order chi connectivity index (χ1) is 14.5. The molecule has 1 unspecified atom stereocenters. The SMILES string of the molecule is CCn1c(=O)c2ccccc2n(CC(=O)NC(C)c2ccc3ccccc3c2)c1=O.